The molecule has 0 fully saturated rings. The van der Waals surface area contributed by atoms with E-state index >= 15 is 0 Å². The summed E-state index contributed by atoms with van der Waals surface area (Å²) in [5.74, 6) is 0.333. The van der Waals surface area contributed by atoms with E-state index in [0.29, 0.717) is 11.8 Å². The van der Waals surface area contributed by atoms with Crippen molar-refractivity contribution in [1.29, 1.82) is 0 Å². The van der Waals surface area contributed by atoms with Gasteiger partial charge in [-0.1, -0.05) is 19.1 Å². The zero-order valence-electron chi connectivity index (χ0n) is 9.20. The monoisotopic (exact) mass is 193 g/mol. The van der Waals surface area contributed by atoms with E-state index in [4.69, 9.17) is 5.11 Å². The summed E-state index contributed by atoms with van der Waals surface area (Å²) in [4.78, 5) is 2.31. The van der Waals surface area contributed by atoms with Crippen molar-refractivity contribution in [3.8, 4) is 5.75 Å². The quantitative estimate of drug-likeness (QED) is 0.794. The number of hydrogen-bond donors (Lipinski definition) is 1. The molecule has 1 unspecified atom stereocenters. The van der Waals surface area contributed by atoms with Crippen LogP contribution in [0.25, 0.3) is 0 Å². The van der Waals surface area contributed by atoms with E-state index < -0.39 is 0 Å². The Kier molecular flexibility index (Phi) is 3.96. The number of nitrogens with zero attached hydrogens (tertiary/aromatic N) is 1. The fraction of sp³-hybridized carbons (Fsp3) is 0.500. The van der Waals surface area contributed by atoms with Gasteiger partial charge in [-0.05, 0) is 38.1 Å². The lowest BCUT2D eigenvalue weighted by Gasteiger charge is -2.23. The van der Waals surface area contributed by atoms with Gasteiger partial charge < -0.3 is 5.11 Å². The second-order valence-corrected chi connectivity index (χ2v) is 3.84. The summed E-state index contributed by atoms with van der Waals surface area (Å²) in [6.45, 7) is 5.35. The lowest BCUT2D eigenvalue weighted by atomic mass is 10.1. The first-order valence-electron chi connectivity index (χ1n) is 5.11. The van der Waals surface area contributed by atoms with Gasteiger partial charge in [-0.2, -0.15) is 0 Å². The first-order chi connectivity index (χ1) is 6.63. The molecule has 2 nitrogen and oxygen atoms in total. The number of phenols is 1. The van der Waals surface area contributed by atoms with Crippen LogP contribution < -0.4 is 0 Å². The minimum atomic E-state index is 0.333. The summed E-state index contributed by atoms with van der Waals surface area (Å²) >= 11 is 0. The number of hydrogen-bond acceptors (Lipinski definition) is 2. The van der Waals surface area contributed by atoms with E-state index in [2.05, 4.69) is 25.8 Å². The molecule has 1 N–H and O–H groups in total. The molecular formula is C12H19NO. The Bertz CT molecular complexity index is 268. The van der Waals surface area contributed by atoms with Crippen molar-refractivity contribution in [3.05, 3.63) is 29.8 Å². The molecule has 0 heterocycles. The van der Waals surface area contributed by atoms with Crippen molar-refractivity contribution in [2.45, 2.75) is 32.9 Å². The average Bonchev–Trinajstić information content (AvgIpc) is 2.20. The van der Waals surface area contributed by atoms with Crippen molar-refractivity contribution < 1.29 is 5.11 Å². The standard InChI is InChI=1S/C12H19NO/c1-4-10(2)13(3)9-11-5-7-12(14)8-6-11/h5-8,10,14H,4,9H2,1-3H3. The summed E-state index contributed by atoms with van der Waals surface area (Å²) < 4.78 is 0. The Morgan fingerprint density at radius 1 is 1.29 bits per heavy atom. The fourth-order valence-electron chi connectivity index (χ4n) is 1.36. The molecule has 0 aliphatic carbocycles. The molecule has 0 aromatic heterocycles. The minimum absolute atomic E-state index is 0.333. The molecule has 1 aromatic rings. The van der Waals surface area contributed by atoms with Crippen molar-refractivity contribution in [3.63, 3.8) is 0 Å². The molecule has 0 saturated carbocycles. The van der Waals surface area contributed by atoms with Crippen LogP contribution in [0, 0.1) is 0 Å². The second-order valence-electron chi connectivity index (χ2n) is 3.84. The third kappa shape index (κ3) is 3.04. The fourth-order valence-corrected chi connectivity index (χ4v) is 1.36. The lowest BCUT2D eigenvalue weighted by molar-refractivity contribution is 0.244. The maximum absolute atomic E-state index is 9.13. The molecule has 0 bridgehead atoms. The van der Waals surface area contributed by atoms with Crippen LogP contribution in [0.2, 0.25) is 0 Å². The molecule has 78 valence electrons. The molecule has 0 aliphatic rings. The Hall–Kier alpha value is -1.02. The highest BCUT2D eigenvalue weighted by Crippen LogP contribution is 2.12. The molecule has 1 atom stereocenters. The number of aromatic hydroxyl groups is 1. The van der Waals surface area contributed by atoms with Gasteiger partial charge in [0.15, 0.2) is 0 Å². The highest BCUT2D eigenvalue weighted by molar-refractivity contribution is 5.25. The summed E-state index contributed by atoms with van der Waals surface area (Å²) in [5.41, 5.74) is 1.24. The van der Waals surface area contributed by atoms with E-state index in [1.165, 1.54) is 5.56 Å². The number of benzene rings is 1. The van der Waals surface area contributed by atoms with E-state index in [1.807, 2.05) is 12.1 Å². The van der Waals surface area contributed by atoms with Gasteiger partial charge in [0.1, 0.15) is 5.75 Å². The second kappa shape index (κ2) is 5.01. The van der Waals surface area contributed by atoms with Crippen molar-refractivity contribution in [1.82, 2.24) is 4.90 Å². The van der Waals surface area contributed by atoms with Crippen LogP contribution in [-0.4, -0.2) is 23.1 Å². The summed E-state index contributed by atoms with van der Waals surface area (Å²) in [6.07, 6.45) is 1.16. The molecule has 1 aromatic carbocycles. The summed E-state index contributed by atoms with van der Waals surface area (Å²) in [7, 11) is 2.13. The predicted molar refractivity (Wildman–Crippen MR) is 59.3 cm³/mol. The van der Waals surface area contributed by atoms with Crippen LogP contribution in [-0.2, 0) is 6.54 Å². The Balaban J connectivity index is 2.56. The smallest absolute Gasteiger partial charge is 0.115 e. The number of rotatable bonds is 4. The molecular weight excluding hydrogens is 174 g/mol. The summed E-state index contributed by atoms with van der Waals surface area (Å²) in [5, 5.41) is 9.13. The predicted octanol–water partition coefficient (Wildman–Crippen LogP) is 2.62. The van der Waals surface area contributed by atoms with Crippen LogP contribution in [0.15, 0.2) is 24.3 Å². The van der Waals surface area contributed by atoms with E-state index in [9.17, 15) is 0 Å². The third-order valence-corrected chi connectivity index (χ3v) is 2.71. The Morgan fingerprint density at radius 2 is 1.86 bits per heavy atom. The topological polar surface area (TPSA) is 23.5 Å². The first kappa shape index (κ1) is 11.1. The van der Waals surface area contributed by atoms with Crippen LogP contribution >= 0.6 is 0 Å². The van der Waals surface area contributed by atoms with Gasteiger partial charge in [0, 0.05) is 12.6 Å². The van der Waals surface area contributed by atoms with Gasteiger partial charge in [0.2, 0.25) is 0 Å². The number of phenolic OH excluding ortho intramolecular Hbond substituents is 1. The SMILES string of the molecule is CCC(C)N(C)Cc1ccc(O)cc1. The van der Waals surface area contributed by atoms with Gasteiger partial charge in [-0.15, -0.1) is 0 Å². The molecule has 0 radical (unpaired) electrons. The van der Waals surface area contributed by atoms with Crippen molar-refractivity contribution in [2.75, 3.05) is 7.05 Å². The minimum Gasteiger partial charge on any atom is -0.508 e. The molecule has 1 rings (SSSR count). The van der Waals surface area contributed by atoms with Crippen LogP contribution in [0.1, 0.15) is 25.8 Å². The lowest BCUT2D eigenvalue weighted by Crippen LogP contribution is -2.27. The molecule has 0 aliphatic heterocycles. The third-order valence-electron chi connectivity index (χ3n) is 2.71. The highest BCUT2D eigenvalue weighted by Gasteiger charge is 2.06. The molecule has 14 heavy (non-hydrogen) atoms. The van der Waals surface area contributed by atoms with Gasteiger partial charge in [-0.3, -0.25) is 4.90 Å². The summed E-state index contributed by atoms with van der Waals surface area (Å²) in [6, 6.07) is 8.01. The van der Waals surface area contributed by atoms with Gasteiger partial charge in [0.25, 0.3) is 0 Å². The maximum Gasteiger partial charge on any atom is 0.115 e. The van der Waals surface area contributed by atoms with Crippen LogP contribution in [0.3, 0.4) is 0 Å². The molecule has 2 heteroatoms. The van der Waals surface area contributed by atoms with E-state index in [0.717, 1.165) is 13.0 Å². The van der Waals surface area contributed by atoms with Crippen LogP contribution in [0.4, 0.5) is 0 Å². The normalized spacial score (nSPS) is 13.1. The highest BCUT2D eigenvalue weighted by atomic mass is 16.3. The largest absolute Gasteiger partial charge is 0.508 e. The van der Waals surface area contributed by atoms with Gasteiger partial charge in [-0.25, -0.2) is 0 Å². The maximum atomic E-state index is 9.13. The molecule has 0 amide bonds. The molecule has 0 spiro atoms. The zero-order valence-corrected chi connectivity index (χ0v) is 9.20. The zero-order chi connectivity index (χ0) is 10.6. The Labute approximate surface area is 86.2 Å². The average molecular weight is 193 g/mol. The van der Waals surface area contributed by atoms with Gasteiger partial charge in [0.05, 0.1) is 0 Å². The van der Waals surface area contributed by atoms with Crippen molar-refractivity contribution >= 4 is 0 Å². The Morgan fingerprint density at radius 3 is 2.36 bits per heavy atom. The van der Waals surface area contributed by atoms with E-state index in [1.54, 1.807) is 12.1 Å². The first-order valence-corrected chi connectivity index (χ1v) is 5.11. The van der Waals surface area contributed by atoms with Gasteiger partial charge >= 0.3 is 0 Å². The van der Waals surface area contributed by atoms with Crippen LogP contribution in [0.5, 0.6) is 5.75 Å². The van der Waals surface area contributed by atoms with Crippen molar-refractivity contribution in [2.24, 2.45) is 0 Å². The molecule has 0 saturated heterocycles. The van der Waals surface area contributed by atoms with E-state index in [-0.39, 0.29) is 0 Å².